The van der Waals surface area contributed by atoms with Crippen LogP contribution < -0.4 is 34.4 Å². The van der Waals surface area contributed by atoms with Crippen molar-refractivity contribution in [1.82, 2.24) is 0 Å². The monoisotopic (exact) mass is 413 g/mol. The van der Waals surface area contributed by atoms with E-state index in [1.165, 1.54) is 0 Å². The Labute approximate surface area is 100 Å². The summed E-state index contributed by atoms with van der Waals surface area (Å²) in [6.45, 7) is 1.71. The van der Waals surface area contributed by atoms with E-state index >= 15 is 0 Å². The molecule has 0 amide bonds. The van der Waals surface area contributed by atoms with E-state index in [0.717, 1.165) is 0 Å². The van der Waals surface area contributed by atoms with Crippen molar-refractivity contribution in [3.63, 3.8) is 0 Å². The van der Waals surface area contributed by atoms with Crippen molar-refractivity contribution < 1.29 is 34.7 Å². The van der Waals surface area contributed by atoms with E-state index in [9.17, 15) is 0 Å². The fourth-order valence-corrected chi connectivity index (χ4v) is 0.566. The van der Waals surface area contributed by atoms with Gasteiger partial charge in [-0.25, -0.2) is 0 Å². The van der Waals surface area contributed by atoms with Gasteiger partial charge >= 0.3 is 0 Å². The average Bonchev–Trinajstić information content (AvgIpc) is 1.84. The van der Waals surface area contributed by atoms with Crippen LogP contribution in [0, 0.1) is 36.3 Å². The van der Waals surface area contributed by atoms with E-state index in [2.05, 4.69) is 4.74 Å². The van der Waals surface area contributed by atoms with Crippen molar-refractivity contribution in [3.8, 4) is 0 Å². The molecule has 12 N–H and O–H groups in total. The first-order valence-corrected chi connectivity index (χ1v) is 3.45. The quantitative estimate of drug-likeness (QED) is 0.210. The maximum absolute atomic E-state index is 5.52. The van der Waals surface area contributed by atoms with E-state index in [1.54, 1.807) is 6.92 Å². The number of hydrogen-bond acceptors (Lipinski definition) is 7. The zero-order valence-corrected chi connectivity index (χ0v) is 11.3. The van der Waals surface area contributed by atoms with Crippen LogP contribution in [0.4, 0.5) is 0 Å². The van der Waals surface area contributed by atoms with Gasteiger partial charge in [-0.15, -0.1) is 0 Å². The van der Waals surface area contributed by atoms with Gasteiger partial charge in [-0.1, -0.05) is 13.3 Å². The molecule has 7 nitrogen and oxygen atoms in total. The average molecular weight is 414 g/mol. The van der Waals surface area contributed by atoms with Gasteiger partial charge in [-0.05, 0) is 6.42 Å². The normalized spacial score (nSPS) is 12.9. The van der Waals surface area contributed by atoms with Gasteiger partial charge in [0, 0.05) is 29.9 Å². The summed E-state index contributed by atoms with van der Waals surface area (Å²) in [5.41, 5.74) is 30.6. The van der Waals surface area contributed by atoms with Crippen LogP contribution in [0.15, 0.2) is 0 Å². The zero-order valence-electron chi connectivity index (χ0n) is 7.53. The van der Waals surface area contributed by atoms with Crippen molar-refractivity contribution in [2.75, 3.05) is 0 Å². The van der Waals surface area contributed by atoms with Crippen LogP contribution in [-0.2, 0) is 4.74 Å². The molecule has 0 saturated carbocycles. The molecule has 0 fully saturated rings. The van der Waals surface area contributed by atoms with Gasteiger partial charge in [-0.2, -0.15) is 0 Å². The number of hydrogen-bond donors (Lipinski definition) is 6. The number of nitrogens with two attached hydrogens (primary N) is 6. The molecule has 0 aliphatic heterocycles. The van der Waals surface area contributed by atoms with E-state index < -0.39 is 11.5 Å². The van der Waals surface area contributed by atoms with Gasteiger partial charge < -0.3 is 27.7 Å². The Morgan fingerprint density at radius 2 is 1.54 bits per heavy atom. The molecule has 0 aliphatic rings. The minimum atomic E-state index is -1.76. The summed E-state index contributed by atoms with van der Waals surface area (Å²) in [4.78, 5) is 0. The van der Waals surface area contributed by atoms with Gasteiger partial charge in [-0.3, -0.25) is 11.5 Å². The molecule has 1 radical (unpaired) electrons. The maximum atomic E-state index is 5.52. The van der Waals surface area contributed by atoms with Crippen LogP contribution in [-0.4, -0.2) is 11.5 Å². The van der Waals surface area contributed by atoms with Crippen LogP contribution in [0.3, 0.4) is 0 Å². The molecule has 0 saturated heterocycles. The van der Waals surface area contributed by atoms with Crippen molar-refractivity contribution in [1.29, 1.82) is 0 Å². The first-order valence-electron chi connectivity index (χ1n) is 3.45. The molecule has 8 heteroatoms. The topological polar surface area (TPSA) is 165 Å². The minimum Gasteiger partial charge on any atom is -0.490 e. The smallest absolute Gasteiger partial charge is 0.174 e. The van der Waals surface area contributed by atoms with E-state index in [1.807, 2.05) is 0 Å². The summed E-state index contributed by atoms with van der Waals surface area (Å²) in [5, 5.41) is 0. The minimum absolute atomic E-state index is 0. The first-order chi connectivity index (χ1) is 5.23. The Balaban J connectivity index is 0. The Bertz CT molecular complexity index is 150. The van der Waals surface area contributed by atoms with Gasteiger partial charge in [0.1, 0.15) is 5.66 Å². The van der Waals surface area contributed by atoms with Crippen LogP contribution >= 0.6 is 0 Å². The van der Waals surface area contributed by atoms with Crippen molar-refractivity contribution in [3.05, 3.63) is 6.35 Å². The Morgan fingerprint density at radius 3 is 1.77 bits per heavy atom. The number of ether oxygens (including phenoxy) is 1. The molecule has 79 valence electrons. The van der Waals surface area contributed by atoms with Crippen molar-refractivity contribution in [2.24, 2.45) is 34.4 Å². The molecule has 0 heterocycles. The molecule has 0 spiro atoms. The second kappa shape index (κ2) is 5.57. The van der Waals surface area contributed by atoms with E-state index in [4.69, 9.17) is 34.4 Å². The predicted octanol–water partition coefficient (Wildman–Crippen LogP) is -3.04. The fraction of sp³-hybridized carbons (Fsp3) is 0.800. The van der Waals surface area contributed by atoms with Crippen LogP contribution in [0.2, 0.25) is 0 Å². The molecule has 13 heavy (non-hydrogen) atoms. The van der Waals surface area contributed by atoms with Crippen molar-refractivity contribution in [2.45, 2.75) is 24.9 Å². The predicted molar refractivity (Wildman–Crippen MR) is 45.2 cm³/mol. The summed E-state index contributed by atoms with van der Waals surface area (Å²) in [6, 6.07) is 0. The molecule has 0 atom stereocenters. The Morgan fingerprint density at radius 1 is 1.15 bits per heavy atom. The molecule has 0 aromatic carbocycles. The fourth-order valence-electron chi connectivity index (χ4n) is 0.566. The van der Waals surface area contributed by atoms with Crippen LogP contribution in [0.5, 0.6) is 0 Å². The largest absolute Gasteiger partial charge is 0.490 e. The summed E-state index contributed by atoms with van der Waals surface area (Å²) >= 11 is 0. The van der Waals surface area contributed by atoms with Crippen LogP contribution in [0.1, 0.15) is 13.3 Å². The molecule has 0 rings (SSSR count). The second-order valence-electron chi connectivity index (χ2n) is 2.69. The summed E-state index contributed by atoms with van der Waals surface area (Å²) < 4.78 is 4.67. The van der Waals surface area contributed by atoms with Crippen molar-refractivity contribution >= 4 is 0 Å². The SMILES string of the molecule is CCC(N)(N)C(N)(N)O[C-](N)N.[Np]. The first kappa shape index (κ1) is 16.2. The standard InChI is InChI=1S/C5H17N6O.Np/c1-2-4(8,9)5(10,11)12-3(6)7;/h2,6-11H2,1H3;/q-1;. The molecule has 0 unspecified atom stereocenters. The van der Waals surface area contributed by atoms with Gasteiger partial charge in [0.25, 0.3) is 0 Å². The van der Waals surface area contributed by atoms with Crippen LogP contribution in [0.25, 0.3) is 0 Å². The molecular formula is C5H17N6NpO-. The molecule has 0 aromatic rings. The van der Waals surface area contributed by atoms with Gasteiger partial charge in [0.05, 0.1) is 0 Å². The van der Waals surface area contributed by atoms with Gasteiger partial charge in [0.2, 0.25) is 0 Å². The third kappa shape index (κ3) is 4.66. The molecule has 0 bridgehead atoms. The zero-order chi connectivity index (χ0) is 9.99. The summed E-state index contributed by atoms with van der Waals surface area (Å²) in [7, 11) is 0. The van der Waals surface area contributed by atoms with E-state index in [-0.39, 0.29) is 36.3 Å². The summed E-state index contributed by atoms with van der Waals surface area (Å²) in [6.07, 6.45) is -0.0403. The third-order valence-electron chi connectivity index (χ3n) is 1.60. The summed E-state index contributed by atoms with van der Waals surface area (Å²) in [5.74, 6) is -1.76. The molecule has 0 aliphatic carbocycles. The maximum Gasteiger partial charge on any atom is 0.174 e. The molecular weight excluding hydrogens is 397 g/mol. The molecule has 0 aromatic heterocycles. The third-order valence-corrected chi connectivity index (χ3v) is 1.60. The van der Waals surface area contributed by atoms with E-state index in [0.29, 0.717) is 6.42 Å². The number of rotatable bonds is 4. The Kier molecular flexibility index (Phi) is 6.94. The van der Waals surface area contributed by atoms with Gasteiger partial charge in [0.15, 0.2) is 5.85 Å². The second-order valence-corrected chi connectivity index (χ2v) is 2.69. The Hall–Kier alpha value is 0.733.